The number of aliphatic hydroxyl groups is 1. The van der Waals surface area contributed by atoms with E-state index in [-0.39, 0.29) is 34.7 Å². The molecular weight excluding hydrogens is 461 g/mol. The van der Waals surface area contributed by atoms with Gasteiger partial charge in [0.25, 0.3) is 0 Å². The number of hydrogen-bond donors (Lipinski definition) is 3. The molecule has 7 nitrogen and oxygen atoms in total. The van der Waals surface area contributed by atoms with E-state index in [9.17, 15) is 9.90 Å². The molecule has 2 aliphatic heterocycles. The van der Waals surface area contributed by atoms with Crippen LogP contribution in [-0.2, 0) is 15.1 Å². The number of methoxy groups -OCH3 is 1. The summed E-state index contributed by atoms with van der Waals surface area (Å²) in [5.41, 5.74) is 4.96. The Bertz CT molecular complexity index is 795. The molecule has 1 aromatic rings. The van der Waals surface area contributed by atoms with Gasteiger partial charge in [-0.1, -0.05) is 23.7 Å². The SMILES string of the molecule is COCCCC[C@@](O)(c1cccc(Cl)c1F)[C@@H]1CCCN(C(=O)NC[C@@H](N)CC2CCCO2)C1. The van der Waals surface area contributed by atoms with Gasteiger partial charge >= 0.3 is 6.03 Å². The van der Waals surface area contributed by atoms with Gasteiger partial charge in [-0.05, 0) is 57.4 Å². The first kappa shape index (κ1) is 27.1. The molecule has 0 spiro atoms. The monoisotopic (exact) mass is 499 g/mol. The van der Waals surface area contributed by atoms with Crippen LogP contribution in [0.15, 0.2) is 18.2 Å². The van der Waals surface area contributed by atoms with Crippen LogP contribution in [0.2, 0.25) is 5.02 Å². The summed E-state index contributed by atoms with van der Waals surface area (Å²) >= 11 is 6.05. The molecule has 2 heterocycles. The van der Waals surface area contributed by atoms with Gasteiger partial charge in [-0.15, -0.1) is 0 Å². The number of ether oxygens (including phenoxy) is 2. The van der Waals surface area contributed by atoms with Crippen molar-refractivity contribution in [2.45, 2.75) is 69.1 Å². The summed E-state index contributed by atoms with van der Waals surface area (Å²) in [5.74, 6) is -0.914. The number of carbonyl (C=O) groups excluding carboxylic acids is 1. The Hall–Kier alpha value is -1.45. The highest BCUT2D eigenvalue weighted by molar-refractivity contribution is 6.30. The quantitative estimate of drug-likeness (QED) is 0.402. The molecule has 2 saturated heterocycles. The Morgan fingerprint density at radius 1 is 1.41 bits per heavy atom. The molecule has 0 bridgehead atoms. The average molecular weight is 500 g/mol. The largest absolute Gasteiger partial charge is 0.385 e. The Labute approximate surface area is 207 Å². The molecule has 2 fully saturated rings. The average Bonchev–Trinajstić information content (AvgIpc) is 3.35. The van der Waals surface area contributed by atoms with Gasteiger partial charge in [0.15, 0.2) is 0 Å². The number of nitrogens with zero attached hydrogens (tertiary/aromatic N) is 1. The van der Waals surface area contributed by atoms with E-state index in [1.54, 1.807) is 24.1 Å². The molecule has 4 atom stereocenters. The minimum absolute atomic E-state index is 0.0153. The van der Waals surface area contributed by atoms with Crippen LogP contribution < -0.4 is 11.1 Å². The van der Waals surface area contributed by atoms with E-state index in [1.165, 1.54) is 6.07 Å². The maximum absolute atomic E-state index is 15.0. The van der Waals surface area contributed by atoms with Crippen LogP contribution in [0.5, 0.6) is 0 Å². The van der Waals surface area contributed by atoms with Crippen molar-refractivity contribution in [2.24, 2.45) is 11.7 Å². The van der Waals surface area contributed by atoms with Crippen LogP contribution in [-0.4, -0.2) is 68.1 Å². The summed E-state index contributed by atoms with van der Waals surface area (Å²) in [7, 11) is 1.63. The fraction of sp³-hybridized carbons (Fsp3) is 0.720. The molecule has 0 aromatic heterocycles. The topological polar surface area (TPSA) is 97.1 Å². The number of unbranched alkanes of at least 4 members (excludes halogenated alkanes) is 1. The molecule has 0 radical (unpaired) electrons. The summed E-state index contributed by atoms with van der Waals surface area (Å²) in [6, 6.07) is 4.35. The molecule has 1 unspecified atom stereocenters. The Morgan fingerprint density at radius 3 is 2.97 bits per heavy atom. The van der Waals surface area contributed by atoms with Crippen LogP contribution in [0.3, 0.4) is 0 Å². The zero-order valence-corrected chi connectivity index (χ0v) is 20.9. The number of likely N-dealkylation sites (tertiary alicyclic amines) is 1. The second-order valence-electron chi connectivity index (χ2n) is 9.58. The molecule has 0 aliphatic carbocycles. The van der Waals surface area contributed by atoms with Crippen LogP contribution in [0.25, 0.3) is 0 Å². The predicted molar refractivity (Wildman–Crippen MR) is 130 cm³/mol. The fourth-order valence-corrected chi connectivity index (χ4v) is 5.35. The number of carbonyl (C=O) groups is 1. The lowest BCUT2D eigenvalue weighted by Gasteiger charge is -2.43. The van der Waals surface area contributed by atoms with Crippen molar-refractivity contribution < 1.29 is 23.8 Å². The first-order valence-corrected chi connectivity index (χ1v) is 12.8. The number of halogens is 2. The summed E-state index contributed by atoms with van der Waals surface area (Å²) in [4.78, 5) is 14.6. The van der Waals surface area contributed by atoms with E-state index < -0.39 is 11.4 Å². The van der Waals surface area contributed by atoms with Crippen molar-refractivity contribution in [3.05, 3.63) is 34.6 Å². The van der Waals surface area contributed by atoms with E-state index in [4.69, 9.17) is 26.8 Å². The highest BCUT2D eigenvalue weighted by Crippen LogP contribution is 2.42. The van der Waals surface area contributed by atoms with Crippen LogP contribution in [0.4, 0.5) is 9.18 Å². The molecule has 9 heteroatoms. The molecular formula is C25H39ClFN3O4. The molecule has 0 saturated carbocycles. The number of rotatable bonds is 11. The van der Waals surface area contributed by atoms with Crippen molar-refractivity contribution in [1.29, 1.82) is 0 Å². The molecule has 1 aromatic carbocycles. The van der Waals surface area contributed by atoms with Crippen molar-refractivity contribution in [3.63, 3.8) is 0 Å². The van der Waals surface area contributed by atoms with Crippen LogP contribution in [0.1, 0.15) is 56.9 Å². The maximum atomic E-state index is 15.0. The van der Waals surface area contributed by atoms with Crippen molar-refractivity contribution in [2.75, 3.05) is 40.0 Å². The van der Waals surface area contributed by atoms with Gasteiger partial charge in [0.05, 0.1) is 16.7 Å². The first-order valence-electron chi connectivity index (χ1n) is 12.4. The fourth-order valence-electron chi connectivity index (χ4n) is 5.17. The normalized spacial score (nSPS) is 23.5. The molecule has 3 rings (SSSR count). The second-order valence-corrected chi connectivity index (χ2v) is 9.98. The van der Waals surface area contributed by atoms with E-state index >= 15 is 4.39 Å². The Morgan fingerprint density at radius 2 is 2.24 bits per heavy atom. The van der Waals surface area contributed by atoms with Crippen LogP contribution in [0, 0.1) is 11.7 Å². The molecule has 2 aliphatic rings. The zero-order valence-electron chi connectivity index (χ0n) is 20.1. The molecule has 4 N–H and O–H groups in total. The predicted octanol–water partition coefficient (Wildman–Crippen LogP) is 3.80. The number of benzene rings is 1. The van der Waals surface area contributed by atoms with E-state index in [0.717, 1.165) is 38.7 Å². The number of nitrogens with one attached hydrogen (secondary N) is 1. The smallest absolute Gasteiger partial charge is 0.317 e. The second kappa shape index (κ2) is 13.0. The van der Waals surface area contributed by atoms with Gasteiger partial charge < -0.3 is 30.5 Å². The maximum Gasteiger partial charge on any atom is 0.317 e. The van der Waals surface area contributed by atoms with Crippen LogP contribution >= 0.6 is 11.6 Å². The Balaban J connectivity index is 1.65. The van der Waals surface area contributed by atoms with Gasteiger partial charge in [-0.2, -0.15) is 0 Å². The number of hydrogen-bond acceptors (Lipinski definition) is 5. The Kier molecular flexibility index (Phi) is 10.4. The van der Waals surface area contributed by atoms with Gasteiger partial charge in [0.2, 0.25) is 0 Å². The number of urea groups is 1. The summed E-state index contributed by atoms with van der Waals surface area (Å²) < 4.78 is 25.8. The summed E-state index contributed by atoms with van der Waals surface area (Å²) in [5, 5.41) is 14.8. The van der Waals surface area contributed by atoms with E-state index in [0.29, 0.717) is 45.5 Å². The summed E-state index contributed by atoms with van der Waals surface area (Å²) in [6.07, 6.45) is 6.15. The van der Waals surface area contributed by atoms with E-state index in [2.05, 4.69) is 5.32 Å². The number of nitrogens with two attached hydrogens (primary N) is 1. The highest BCUT2D eigenvalue weighted by Gasteiger charge is 2.43. The molecule has 2 amide bonds. The molecule has 192 valence electrons. The van der Waals surface area contributed by atoms with E-state index in [1.807, 2.05) is 0 Å². The van der Waals surface area contributed by atoms with Crippen molar-refractivity contribution in [3.8, 4) is 0 Å². The van der Waals surface area contributed by atoms with Crippen molar-refractivity contribution >= 4 is 17.6 Å². The minimum Gasteiger partial charge on any atom is -0.385 e. The minimum atomic E-state index is -1.43. The van der Waals surface area contributed by atoms with Gasteiger partial charge in [-0.3, -0.25) is 0 Å². The molecule has 34 heavy (non-hydrogen) atoms. The third kappa shape index (κ3) is 7.04. The standard InChI is InChI=1S/C25H39ClFN3O4/c1-33-13-3-2-11-25(32,21-9-4-10-22(26)23(21)27)18-7-5-12-30(17-18)24(31)29-16-19(28)15-20-8-6-14-34-20/h4,9-10,18-20,32H,2-3,5-8,11-17,28H2,1H3,(H,29,31)/t18-,19+,20?,25+/m1/s1. The highest BCUT2D eigenvalue weighted by atomic mass is 35.5. The zero-order chi connectivity index (χ0) is 24.6. The lowest BCUT2D eigenvalue weighted by Crippen LogP contribution is -2.52. The number of amides is 2. The lowest BCUT2D eigenvalue weighted by molar-refractivity contribution is -0.0586. The summed E-state index contributed by atoms with van der Waals surface area (Å²) in [6.45, 7) is 2.63. The lowest BCUT2D eigenvalue weighted by atomic mass is 9.74. The number of piperidine rings is 1. The third-order valence-corrected chi connectivity index (χ3v) is 7.36. The van der Waals surface area contributed by atoms with Gasteiger partial charge in [0.1, 0.15) is 5.82 Å². The third-order valence-electron chi connectivity index (χ3n) is 7.06. The first-order chi connectivity index (χ1) is 16.3. The van der Waals surface area contributed by atoms with Gasteiger partial charge in [-0.25, -0.2) is 9.18 Å². The van der Waals surface area contributed by atoms with Crippen molar-refractivity contribution in [1.82, 2.24) is 10.2 Å². The van der Waals surface area contributed by atoms with Gasteiger partial charge in [0, 0.05) is 57.5 Å².